The summed E-state index contributed by atoms with van der Waals surface area (Å²) in [5.41, 5.74) is 4.96. The fraction of sp³-hybridized carbons (Fsp3) is 0.321. The molecule has 0 saturated carbocycles. The van der Waals surface area contributed by atoms with E-state index in [1.54, 1.807) is 30.2 Å². The quantitative estimate of drug-likeness (QED) is 0.364. The number of thiophene rings is 1. The van der Waals surface area contributed by atoms with Gasteiger partial charge in [0.15, 0.2) is 11.5 Å². The Morgan fingerprint density at radius 3 is 2.32 bits per heavy atom. The predicted octanol–water partition coefficient (Wildman–Crippen LogP) is 3.57. The normalized spacial score (nSPS) is 11.1. The van der Waals surface area contributed by atoms with Crippen LogP contribution in [0.4, 0.5) is 0 Å². The van der Waals surface area contributed by atoms with E-state index in [0.29, 0.717) is 41.2 Å². The highest BCUT2D eigenvalue weighted by atomic mass is 32.1. The largest absolute Gasteiger partial charge is 0.493 e. The summed E-state index contributed by atoms with van der Waals surface area (Å²) in [5, 5.41) is 4.62. The van der Waals surface area contributed by atoms with Gasteiger partial charge in [-0.25, -0.2) is 9.36 Å². The van der Waals surface area contributed by atoms with Crippen molar-refractivity contribution in [3.8, 4) is 11.5 Å². The minimum Gasteiger partial charge on any atom is -0.493 e. The van der Waals surface area contributed by atoms with Crippen LogP contribution in [0.2, 0.25) is 0 Å². The second-order valence-electron chi connectivity index (χ2n) is 9.06. The van der Waals surface area contributed by atoms with Crippen LogP contribution < -0.4 is 26.0 Å². The van der Waals surface area contributed by atoms with Crippen LogP contribution in [0.3, 0.4) is 0 Å². The Labute approximate surface area is 219 Å². The van der Waals surface area contributed by atoms with Crippen LogP contribution in [0.5, 0.6) is 11.5 Å². The summed E-state index contributed by atoms with van der Waals surface area (Å²) in [6.07, 6.45) is 0.557. The summed E-state index contributed by atoms with van der Waals surface area (Å²) >= 11 is 1.27. The molecule has 0 unspecified atom stereocenters. The summed E-state index contributed by atoms with van der Waals surface area (Å²) in [6.45, 7) is 6.41. The van der Waals surface area contributed by atoms with Gasteiger partial charge < -0.3 is 14.8 Å². The van der Waals surface area contributed by atoms with Gasteiger partial charge in [-0.1, -0.05) is 23.8 Å². The molecule has 4 aromatic rings. The zero-order valence-electron chi connectivity index (χ0n) is 21.7. The standard InChI is InChI=1S/C28H31N3O5S/c1-17-12-18(2)21(19(3)13-17)15-30-22-9-11-37-26(22)27(33)31(28(30)34)16-25(32)29-10-8-20-6-7-23(35-4)24(14-20)36-5/h6-7,9,11-14H,8,10,15-16H2,1-5H3,(H,29,32). The van der Waals surface area contributed by atoms with E-state index < -0.39 is 17.2 Å². The van der Waals surface area contributed by atoms with E-state index >= 15 is 0 Å². The number of ether oxygens (including phenoxy) is 2. The van der Waals surface area contributed by atoms with Gasteiger partial charge in [0.05, 0.1) is 26.3 Å². The van der Waals surface area contributed by atoms with Crippen molar-refractivity contribution in [3.63, 3.8) is 0 Å². The first kappa shape index (κ1) is 26.2. The van der Waals surface area contributed by atoms with Crippen molar-refractivity contribution in [2.24, 2.45) is 0 Å². The number of aromatic nitrogens is 2. The molecule has 0 atom stereocenters. The highest BCUT2D eigenvalue weighted by molar-refractivity contribution is 7.17. The van der Waals surface area contributed by atoms with E-state index in [-0.39, 0.29) is 6.54 Å². The van der Waals surface area contributed by atoms with Crippen LogP contribution in [0.1, 0.15) is 27.8 Å². The van der Waals surface area contributed by atoms with Crippen LogP contribution >= 0.6 is 11.3 Å². The zero-order chi connectivity index (χ0) is 26.7. The van der Waals surface area contributed by atoms with Gasteiger partial charge in [-0.2, -0.15) is 0 Å². The number of nitrogens with one attached hydrogen (secondary N) is 1. The lowest BCUT2D eigenvalue weighted by atomic mass is 10.00. The maximum absolute atomic E-state index is 13.5. The van der Waals surface area contributed by atoms with Crippen LogP contribution in [-0.4, -0.2) is 35.8 Å². The molecule has 0 bridgehead atoms. The number of hydrogen-bond acceptors (Lipinski definition) is 6. The van der Waals surface area contributed by atoms with Crippen molar-refractivity contribution in [1.82, 2.24) is 14.5 Å². The smallest absolute Gasteiger partial charge is 0.332 e. The second kappa shape index (κ2) is 11.0. The number of nitrogens with zero attached hydrogens (tertiary/aromatic N) is 2. The highest BCUT2D eigenvalue weighted by Gasteiger charge is 2.18. The predicted molar refractivity (Wildman–Crippen MR) is 146 cm³/mol. The zero-order valence-corrected chi connectivity index (χ0v) is 22.5. The summed E-state index contributed by atoms with van der Waals surface area (Å²) in [6, 6.07) is 11.5. The number of aryl methyl sites for hydroxylation is 3. The van der Waals surface area contributed by atoms with Gasteiger partial charge in [0.1, 0.15) is 11.2 Å². The van der Waals surface area contributed by atoms with Gasteiger partial charge in [-0.15, -0.1) is 11.3 Å². The van der Waals surface area contributed by atoms with Gasteiger partial charge in [0.2, 0.25) is 5.91 Å². The average Bonchev–Trinajstić information content (AvgIpc) is 3.35. The number of amides is 1. The highest BCUT2D eigenvalue weighted by Crippen LogP contribution is 2.27. The van der Waals surface area contributed by atoms with Gasteiger partial charge in [0.25, 0.3) is 5.56 Å². The molecule has 0 aliphatic heterocycles. The Kier molecular flexibility index (Phi) is 7.83. The Balaban J connectivity index is 1.55. The lowest BCUT2D eigenvalue weighted by Crippen LogP contribution is -2.44. The van der Waals surface area contributed by atoms with E-state index in [1.807, 2.05) is 39.0 Å². The first-order valence-corrected chi connectivity index (χ1v) is 12.9. The summed E-state index contributed by atoms with van der Waals surface area (Å²) in [4.78, 5) is 39.4. The molecule has 0 spiro atoms. The number of carbonyl (C=O) groups excluding carboxylic acids is 1. The van der Waals surface area contributed by atoms with E-state index in [0.717, 1.165) is 32.4 Å². The third kappa shape index (κ3) is 5.46. The van der Waals surface area contributed by atoms with Crippen LogP contribution in [0.15, 0.2) is 51.4 Å². The Morgan fingerprint density at radius 2 is 1.65 bits per heavy atom. The number of methoxy groups -OCH3 is 2. The molecule has 0 aliphatic carbocycles. The maximum atomic E-state index is 13.5. The molecule has 4 rings (SSSR count). The molecule has 2 aromatic heterocycles. The van der Waals surface area contributed by atoms with Crippen molar-refractivity contribution in [1.29, 1.82) is 0 Å². The van der Waals surface area contributed by atoms with E-state index in [2.05, 4.69) is 17.4 Å². The van der Waals surface area contributed by atoms with Crippen molar-refractivity contribution < 1.29 is 14.3 Å². The minimum atomic E-state index is -0.495. The molecule has 2 aromatic carbocycles. The summed E-state index contributed by atoms with van der Waals surface area (Å²) < 4.78 is 13.7. The molecule has 8 nitrogen and oxygen atoms in total. The topological polar surface area (TPSA) is 91.6 Å². The SMILES string of the molecule is COc1ccc(CCNC(=O)Cn2c(=O)c3sccc3n(Cc3c(C)cc(C)cc3C)c2=O)cc1OC. The molecule has 1 N–H and O–H groups in total. The van der Waals surface area contributed by atoms with E-state index in [1.165, 1.54) is 11.3 Å². The average molecular weight is 522 g/mol. The first-order valence-electron chi connectivity index (χ1n) is 12.0. The molecule has 0 radical (unpaired) electrons. The lowest BCUT2D eigenvalue weighted by Gasteiger charge is -2.16. The molecule has 0 aliphatic rings. The number of rotatable bonds is 9. The molecule has 37 heavy (non-hydrogen) atoms. The molecule has 2 heterocycles. The molecule has 0 saturated heterocycles. The Hall–Kier alpha value is -3.85. The number of hydrogen-bond donors (Lipinski definition) is 1. The van der Waals surface area contributed by atoms with Crippen molar-refractivity contribution in [3.05, 3.63) is 90.4 Å². The van der Waals surface area contributed by atoms with Crippen molar-refractivity contribution >= 4 is 27.5 Å². The fourth-order valence-corrected chi connectivity index (χ4v) is 5.47. The molecular weight excluding hydrogens is 490 g/mol. The van der Waals surface area contributed by atoms with Crippen molar-refractivity contribution in [2.45, 2.75) is 40.3 Å². The van der Waals surface area contributed by atoms with Gasteiger partial charge in [-0.05, 0) is 73.0 Å². The first-order chi connectivity index (χ1) is 17.7. The van der Waals surface area contributed by atoms with Crippen LogP contribution in [0, 0.1) is 20.8 Å². The van der Waals surface area contributed by atoms with Crippen LogP contribution in [-0.2, 0) is 24.3 Å². The summed E-state index contributed by atoms with van der Waals surface area (Å²) in [7, 11) is 3.14. The van der Waals surface area contributed by atoms with Crippen LogP contribution in [0.25, 0.3) is 10.2 Å². The number of carbonyl (C=O) groups is 1. The monoisotopic (exact) mass is 521 g/mol. The number of fused-ring (bicyclic) bond motifs is 1. The van der Waals surface area contributed by atoms with Gasteiger partial charge >= 0.3 is 5.69 Å². The molecule has 9 heteroatoms. The van der Waals surface area contributed by atoms with Gasteiger partial charge in [-0.3, -0.25) is 14.2 Å². The fourth-order valence-electron chi connectivity index (χ4n) is 4.62. The second-order valence-corrected chi connectivity index (χ2v) is 9.98. The third-order valence-corrected chi connectivity index (χ3v) is 7.37. The lowest BCUT2D eigenvalue weighted by molar-refractivity contribution is -0.121. The van der Waals surface area contributed by atoms with Gasteiger partial charge in [0, 0.05) is 6.54 Å². The minimum absolute atomic E-state index is 0.325. The Morgan fingerprint density at radius 1 is 0.946 bits per heavy atom. The Bertz CT molecular complexity index is 1560. The molecule has 1 amide bonds. The maximum Gasteiger partial charge on any atom is 0.332 e. The van der Waals surface area contributed by atoms with E-state index in [9.17, 15) is 14.4 Å². The molecule has 194 valence electrons. The molecular formula is C28H31N3O5S. The van der Waals surface area contributed by atoms with Crippen molar-refractivity contribution in [2.75, 3.05) is 20.8 Å². The van der Waals surface area contributed by atoms with E-state index in [4.69, 9.17) is 9.47 Å². The number of benzene rings is 2. The molecule has 0 fully saturated rings. The summed E-state index contributed by atoms with van der Waals surface area (Å²) in [5.74, 6) is 0.845. The third-order valence-electron chi connectivity index (χ3n) is 6.48.